The van der Waals surface area contributed by atoms with Crippen molar-refractivity contribution in [2.45, 2.75) is 4.90 Å². The number of rotatable bonds is 7. The molecule has 0 fully saturated rings. The summed E-state index contributed by atoms with van der Waals surface area (Å²) < 4.78 is 47.7. The van der Waals surface area contributed by atoms with Crippen molar-refractivity contribution in [3.63, 3.8) is 0 Å². The lowest BCUT2D eigenvalue weighted by Crippen LogP contribution is -2.13. The molecule has 2 aromatic carbocycles. The minimum Gasteiger partial charge on any atom is -0.497 e. The van der Waals surface area contributed by atoms with E-state index in [1.54, 1.807) is 24.3 Å². The van der Waals surface area contributed by atoms with E-state index in [4.69, 9.17) is 24.7 Å². The Bertz CT molecular complexity index is 1100. The summed E-state index contributed by atoms with van der Waals surface area (Å²) in [6, 6.07) is 9.31. The van der Waals surface area contributed by atoms with Gasteiger partial charge in [0.2, 0.25) is 5.75 Å². The summed E-state index contributed by atoms with van der Waals surface area (Å²) >= 11 is 0. The van der Waals surface area contributed by atoms with Crippen molar-refractivity contribution in [2.75, 3.05) is 34.2 Å². The lowest BCUT2D eigenvalue weighted by atomic mass is 10.1. The van der Waals surface area contributed by atoms with Crippen LogP contribution in [0.15, 0.2) is 47.5 Å². The van der Waals surface area contributed by atoms with E-state index in [1.165, 1.54) is 46.8 Å². The molecule has 0 aliphatic carbocycles. The zero-order chi connectivity index (χ0) is 21.2. The van der Waals surface area contributed by atoms with Crippen LogP contribution >= 0.6 is 0 Å². The lowest BCUT2D eigenvalue weighted by molar-refractivity contribution is 0.324. The predicted molar refractivity (Wildman–Crippen MR) is 107 cm³/mol. The molecule has 154 valence electrons. The number of nitrogens with zero attached hydrogens (tertiary/aromatic N) is 2. The van der Waals surface area contributed by atoms with Gasteiger partial charge in [-0.05, 0) is 42.0 Å². The summed E-state index contributed by atoms with van der Waals surface area (Å²) in [7, 11) is 2.04. The molecule has 0 amide bonds. The molecule has 1 heterocycles. The van der Waals surface area contributed by atoms with Crippen molar-refractivity contribution >= 4 is 15.8 Å². The third-order valence-corrected chi connectivity index (χ3v) is 5.85. The SMILES string of the molecule is COc1ccc(S(=O)(=O)n2cc(-c3cc(OC)c(OC)c(OC)c3)c(N)n2)cc1. The van der Waals surface area contributed by atoms with E-state index in [0.29, 0.717) is 34.1 Å². The van der Waals surface area contributed by atoms with Gasteiger partial charge in [0.05, 0.1) is 39.5 Å². The van der Waals surface area contributed by atoms with E-state index in [-0.39, 0.29) is 10.7 Å². The molecular weight excluding hydrogens is 398 g/mol. The summed E-state index contributed by atoms with van der Waals surface area (Å²) in [5, 5.41) is 3.99. The summed E-state index contributed by atoms with van der Waals surface area (Å²) in [4.78, 5) is 0.0530. The first-order valence-electron chi connectivity index (χ1n) is 8.40. The van der Waals surface area contributed by atoms with Crippen molar-refractivity contribution in [1.29, 1.82) is 0 Å². The predicted octanol–water partition coefficient (Wildman–Crippen LogP) is 2.40. The van der Waals surface area contributed by atoms with Gasteiger partial charge in [-0.2, -0.15) is 12.5 Å². The van der Waals surface area contributed by atoms with Gasteiger partial charge in [0.15, 0.2) is 17.3 Å². The van der Waals surface area contributed by atoms with Crippen LogP contribution in [0.1, 0.15) is 0 Å². The van der Waals surface area contributed by atoms with Crippen molar-refractivity contribution in [3.05, 3.63) is 42.6 Å². The van der Waals surface area contributed by atoms with Gasteiger partial charge in [-0.3, -0.25) is 0 Å². The molecule has 29 heavy (non-hydrogen) atoms. The molecule has 0 saturated carbocycles. The van der Waals surface area contributed by atoms with Crippen LogP contribution in [0.3, 0.4) is 0 Å². The molecule has 3 rings (SSSR count). The minimum absolute atomic E-state index is 0.0383. The zero-order valence-corrected chi connectivity index (χ0v) is 17.2. The second-order valence-corrected chi connectivity index (χ2v) is 7.69. The minimum atomic E-state index is -3.94. The maximum Gasteiger partial charge on any atom is 0.283 e. The molecule has 2 N–H and O–H groups in total. The summed E-state index contributed by atoms with van der Waals surface area (Å²) in [6.07, 6.45) is 1.34. The number of ether oxygens (including phenoxy) is 4. The average Bonchev–Trinajstić information content (AvgIpc) is 3.15. The highest BCUT2D eigenvalue weighted by atomic mass is 32.2. The molecule has 0 bridgehead atoms. The Morgan fingerprint density at radius 3 is 1.97 bits per heavy atom. The fourth-order valence-electron chi connectivity index (χ4n) is 2.80. The second kappa shape index (κ2) is 7.92. The third-order valence-electron chi connectivity index (χ3n) is 4.30. The molecule has 0 atom stereocenters. The Morgan fingerprint density at radius 1 is 0.897 bits per heavy atom. The molecule has 0 spiro atoms. The summed E-state index contributed by atoms with van der Waals surface area (Å²) in [6.45, 7) is 0. The van der Waals surface area contributed by atoms with Crippen molar-refractivity contribution in [2.24, 2.45) is 0 Å². The van der Waals surface area contributed by atoms with Gasteiger partial charge in [0.25, 0.3) is 10.0 Å². The molecule has 9 nitrogen and oxygen atoms in total. The van der Waals surface area contributed by atoms with Gasteiger partial charge in [0, 0.05) is 5.56 Å². The molecule has 1 aromatic heterocycles. The molecule has 0 radical (unpaired) electrons. The zero-order valence-electron chi connectivity index (χ0n) is 16.4. The maximum atomic E-state index is 12.9. The topological polar surface area (TPSA) is 115 Å². The molecule has 0 unspecified atom stereocenters. The van der Waals surface area contributed by atoms with Crippen LogP contribution in [0, 0.1) is 0 Å². The Morgan fingerprint density at radius 2 is 1.48 bits per heavy atom. The fourth-order valence-corrected chi connectivity index (χ4v) is 3.94. The highest BCUT2D eigenvalue weighted by Gasteiger charge is 2.22. The number of nitrogen functional groups attached to an aromatic ring is 1. The number of nitrogens with two attached hydrogens (primary N) is 1. The van der Waals surface area contributed by atoms with E-state index < -0.39 is 10.0 Å². The van der Waals surface area contributed by atoms with Crippen molar-refractivity contribution < 1.29 is 27.4 Å². The molecule has 0 saturated heterocycles. The van der Waals surface area contributed by atoms with E-state index >= 15 is 0 Å². The van der Waals surface area contributed by atoms with Gasteiger partial charge in [-0.25, -0.2) is 0 Å². The highest BCUT2D eigenvalue weighted by molar-refractivity contribution is 7.89. The number of methoxy groups -OCH3 is 4. The molecule has 0 aliphatic rings. The highest BCUT2D eigenvalue weighted by Crippen LogP contribution is 2.42. The lowest BCUT2D eigenvalue weighted by Gasteiger charge is -2.13. The van der Waals surface area contributed by atoms with E-state index in [1.807, 2.05) is 0 Å². The first kappa shape index (κ1) is 20.3. The average molecular weight is 419 g/mol. The van der Waals surface area contributed by atoms with E-state index in [2.05, 4.69) is 5.10 Å². The quantitative estimate of drug-likeness (QED) is 0.621. The van der Waals surface area contributed by atoms with E-state index in [9.17, 15) is 8.42 Å². The Labute approximate surface area is 168 Å². The number of aromatic nitrogens is 2. The fraction of sp³-hybridized carbons (Fsp3) is 0.211. The van der Waals surface area contributed by atoms with Crippen molar-refractivity contribution in [1.82, 2.24) is 9.19 Å². The third kappa shape index (κ3) is 3.66. The summed E-state index contributed by atoms with van der Waals surface area (Å²) in [5.41, 5.74) is 6.99. The smallest absolute Gasteiger partial charge is 0.283 e. The molecule has 10 heteroatoms. The second-order valence-electron chi connectivity index (χ2n) is 5.90. The number of benzene rings is 2. The first-order chi connectivity index (χ1) is 13.8. The van der Waals surface area contributed by atoms with Gasteiger partial charge in [0.1, 0.15) is 5.75 Å². The molecule has 0 aliphatic heterocycles. The normalized spacial score (nSPS) is 11.2. The monoisotopic (exact) mass is 419 g/mol. The van der Waals surface area contributed by atoms with Crippen molar-refractivity contribution in [3.8, 4) is 34.1 Å². The van der Waals surface area contributed by atoms with Crippen LogP contribution in [0.5, 0.6) is 23.0 Å². The summed E-state index contributed by atoms with van der Waals surface area (Å²) in [5.74, 6) is 1.81. The standard InChI is InChI=1S/C19H21N3O6S/c1-25-13-5-7-14(8-6-13)29(23,24)22-11-15(19(20)21-22)12-9-16(26-2)18(28-4)17(10-12)27-3/h5-11H,1-4H3,(H2,20,21). The van der Waals surface area contributed by atoms with Gasteiger partial charge in [-0.15, -0.1) is 5.10 Å². The van der Waals surface area contributed by atoms with Gasteiger partial charge < -0.3 is 24.7 Å². The number of hydrogen-bond acceptors (Lipinski definition) is 8. The molecule has 3 aromatic rings. The van der Waals surface area contributed by atoms with Gasteiger partial charge in [-0.1, -0.05) is 0 Å². The van der Waals surface area contributed by atoms with Gasteiger partial charge >= 0.3 is 0 Å². The van der Waals surface area contributed by atoms with Crippen LogP contribution < -0.4 is 24.7 Å². The van der Waals surface area contributed by atoms with Crippen LogP contribution in [0.2, 0.25) is 0 Å². The van der Waals surface area contributed by atoms with Crippen LogP contribution in [0.4, 0.5) is 5.82 Å². The van der Waals surface area contributed by atoms with Crippen LogP contribution in [0.25, 0.3) is 11.1 Å². The molecular formula is C19H21N3O6S. The number of anilines is 1. The first-order valence-corrected chi connectivity index (χ1v) is 9.84. The van der Waals surface area contributed by atoms with E-state index in [0.717, 1.165) is 4.09 Å². The largest absolute Gasteiger partial charge is 0.497 e. The van der Waals surface area contributed by atoms with Crippen LogP contribution in [-0.2, 0) is 10.0 Å². The Kier molecular flexibility index (Phi) is 5.55. The Balaban J connectivity index is 2.09. The number of hydrogen-bond donors (Lipinski definition) is 1. The maximum absolute atomic E-state index is 12.9. The van der Waals surface area contributed by atoms with Crippen LogP contribution in [-0.4, -0.2) is 46.0 Å². The Hall–Kier alpha value is -3.40.